The highest BCUT2D eigenvalue weighted by Crippen LogP contribution is 2.48. The molecule has 3 atom stereocenters. The summed E-state index contributed by atoms with van der Waals surface area (Å²) in [4.78, 5) is 20.1. The lowest BCUT2D eigenvalue weighted by Gasteiger charge is -2.45. The third-order valence-electron chi connectivity index (χ3n) is 9.61. The second-order valence-electron chi connectivity index (χ2n) is 12.5. The van der Waals surface area contributed by atoms with E-state index in [0.29, 0.717) is 12.1 Å². The lowest BCUT2D eigenvalue weighted by Crippen LogP contribution is -2.56. The van der Waals surface area contributed by atoms with E-state index in [2.05, 4.69) is 30.7 Å². The van der Waals surface area contributed by atoms with Gasteiger partial charge in [-0.25, -0.2) is 0 Å². The molecule has 38 heavy (non-hydrogen) atoms. The molecule has 3 unspecified atom stereocenters. The van der Waals surface area contributed by atoms with E-state index in [1.807, 2.05) is 0 Å². The zero-order valence-electron chi connectivity index (χ0n) is 23.5. The molecule has 0 spiro atoms. The van der Waals surface area contributed by atoms with E-state index in [0.717, 1.165) is 58.0 Å². The zero-order valence-corrected chi connectivity index (χ0v) is 23.5. The summed E-state index contributed by atoms with van der Waals surface area (Å²) in [7, 11) is 3.81. The molecule has 1 aliphatic heterocycles. The van der Waals surface area contributed by atoms with Crippen LogP contribution in [0.4, 0.5) is 26.3 Å². The Morgan fingerprint density at radius 3 is 1.84 bits per heavy atom. The second kappa shape index (κ2) is 13.1. The molecule has 0 aromatic carbocycles. The molecule has 3 rings (SSSR count). The molecule has 0 aromatic rings. The van der Waals surface area contributed by atoms with Crippen LogP contribution in [0.3, 0.4) is 0 Å². The molecule has 0 N–H and O–H groups in total. The van der Waals surface area contributed by atoms with Crippen molar-refractivity contribution < 1.29 is 31.1 Å². The van der Waals surface area contributed by atoms with Crippen molar-refractivity contribution in [1.82, 2.24) is 14.7 Å². The van der Waals surface area contributed by atoms with Gasteiger partial charge in [-0.15, -0.1) is 0 Å². The van der Waals surface area contributed by atoms with Crippen LogP contribution in [-0.4, -0.2) is 84.8 Å². The van der Waals surface area contributed by atoms with Gasteiger partial charge in [-0.1, -0.05) is 19.3 Å². The molecule has 0 aromatic heterocycles. The van der Waals surface area contributed by atoms with Crippen molar-refractivity contribution in [1.29, 1.82) is 0 Å². The maximum atomic E-state index is 13.8. The van der Waals surface area contributed by atoms with Crippen LogP contribution in [-0.2, 0) is 4.79 Å². The van der Waals surface area contributed by atoms with E-state index in [1.165, 1.54) is 0 Å². The van der Waals surface area contributed by atoms with Crippen LogP contribution >= 0.6 is 0 Å². The quantitative estimate of drug-likeness (QED) is 0.310. The van der Waals surface area contributed by atoms with E-state index in [1.54, 1.807) is 11.9 Å². The van der Waals surface area contributed by atoms with Gasteiger partial charge in [0.05, 0.1) is 17.9 Å². The minimum absolute atomic E-state index is 0.0249. The summed E-state index contributed by atoms with van der Waals surface area (Å²) < 4.78 is 80.4. The molecule has 1 amide bonds. The average molecular weight is 556 g/mol. The van der Waals surface area contributed by atoms with E-state index in [4.69, 9.17) is 0 Å². The minimum Gasteiger partial charge on any atom is -0.344 e. The number of carbonyl (C=O) groups excluding carboxylic acids is 1. The summed E-state index contributed by atoms with van der Waals surface area (Å²) in [5, 5.41) is 0. The van der Waals surface area contributed by atoms with Gasteiger partial charge in [0.15, 0.2) is 0 Å². The fourth-order valence-corrected chi connectivity index (χ4v) is 7.02. The topological polar surface area (TPSA) is 26.8 Å². The van der Waals surface area contributed by atoms with Gasteiger partial charge < -0.3 is 9.80 Å². The zero-order chi connectivity index (χ0) is 28.3. The van der Waals surface area contributed by atoms with Gasteiger partial charge in [0, 0.05) is 38.8 Å². The van der Waals surface area contributed by atoms with Gasteiger partial charge >= 0.3 is 12.4 Å². The first-order valence-electron chi connectivity index (χ1n) is 14.5. The summed E-state index contributed by atoms with van der Waals surface area (Å²) in [5.41, 5.74) is 0. The van der Waals surface area contributed by atoms with E-state index in [9.17, 15) is 31.1 Å². The number of rotatable bonds is 8. The van der Waals surface area contributed by atoms with Gasteiger partial charge in [-0.05, 0) is 84.1 Å². The predicted octanol–water partition coefficient (Wildman–Crippen LogP) is 6.75. The number of alkyl halides is 6. The van der Waals surface area contributed by atoms with Gasteiger partial charge in [-0.3, -0.25) is 9.69 Å². The van der Waals surface area contributed by atoms with Gasteiger partial charge in [-0.2, -0.15) is 26.3 Å². The number of carbonyl (C=O) groups is 1. The molecule has 1 saturated heterocycles. The molecule has 10 heteroatoms. The lowest BCUT2D eigenvalue weighted by molar-refractivity contribution is -0.229. The Kier molecular flexibility index (Phi) is 10.8. The Morgan fingerprint density at radius 2 is 1.37 bits per heavy atom. The van der Waals surface area contributed by atoms with Crippen LogP contribution in [0.2, 0.25) is 0 Å². The first-order chi connectivity index (χ1) is 17.7. The second-order valence-corrected chi connectivity index (χ2v) is 12.5. The highest BCUT2D eigenvalue weighted by molar-refractivity contribution is 5.82. The number of halogens is 6. The molecule has 4 nitrogen and oxygen atoms in total. The van der Waals surface area contributed by atoms with Crippen LogP contribution in [0.15, 0.2) is 0 Å². The first-order valence-corrected chi connectivity index (χ1v) is 14.5. The number of hydrogen-bond donors (Lipinski definition) is 0. The largest absolute Gasteiger partial charge is 0.391 e. The highest BCUT2D eigenvalue weighted by Gasteiger charge is 2.51. The minimum atomic E-state index is -4.63. The van der Waals surface area contributed by atoms with Crippen LogP contribution < -0.4 is 0 Å². The van der Waals surface area contributed by atoms with Crippen molar-refractivity contribution in [2.24, 2.45) is 23.7 Å². The molecule has 222 valence electrons. The molecule has 2 aliphatic carbocycles. The van der Waals surface area contributed by atoms with Crippen LogP contribution in [0.1, 0.15) is 84.5 Å². The summed E-state index contributed by atoms with van der Waals surface area (Å²) in [6.45, 7) is 6.19. The molecule has 0 bridgehead atoms. The van der Waals surface area contributed by atoms with Crippen molar-refractivity contribution in [2.45, 2.75) is 115 Å². The van der Waals surface area contributed by atoms with Gasteiger partial charge in [0.25, 0.3) is 0 Å². The average Bonchev–Trinajstić information content (AvgIpc) is 2.86. The van der Waals surface area contributed by atoms with Crippen LogP contribution in [0.5, 0.6) is 0 Å². The van der Waals surface area contributed by atoms with E-state index < -0.39 is 36.5 Å². The Bertz CT molecular complexity index is 722. The van der Waals surface area contributed by atoms with E-state index in [-0.39, 0.29) is 43.7 Å². The predicted molar refractivity (Wildman–Crippen MR) is 137 cm³/mol. The van der Waals surface area contributed by atoms with Gasteiger partial charge in [0.2, 0.25) is 5.91 Å². The molecular weight excluding hydrogens is 508 g/mol. The Hall–Kier alpha value is -1.03. The van der Waals surface area contributed by atoms with Crippen LogP contribution in [0.25, 0.3) is 0 Å². The van der Waals surface area contributed by atoms with Crippen molar-refractivity contribution in [3.8, 4) is 0 Å². The highest BCUT2D eigenvalue weighted by atomic mass is 19.4. The van der Waals surface area contributed by atoms with Crippen molar-refractivity contribution in [3.63, 3.8) is 0 Å². The maximum Gasteiger partial charge on any atom is 0.391 e. The number of hydrogen-bond acceptors (Lipinski definition) is 3. The number of nitrogens with zero attached hydrogens (tertiary/aromatic N) is 3. The third-order valence-corrected chi connectivity index (χ3v) is 9.61. The normalized spacial score (nSPS) is 28.2. The Morgan fingerprint density at radius 1 is 0.842 bits per heavy atom. The fourth-order valence-electron chi connectivity index (χ4n) is 7.02. The van der Waals surface area contributed by atoms with Crippen LogP contribution in [0, 0.1) is 23.7 Å². The number of likely N-dealkylation sites (N-methyl/N-ethyl adjacent to an activating group) is 1. The van der Waals surface area contributed by atoms with Gasteiger partial charge in [0.1, 0.15) is 0 Å². The Balaban J connectivity index is 1.65. The van der Waals surface area contributed by atoms with Crippen molar-refractivity contribution in [3.05, 3.63) is 0 Å². The lowest BCUT2D eigenvalue weighted by atomic mass is 9.73. The molecule has 0 radical (unpaired) electrons. The number of piperidine rings is 1. The van der Waals surface area contributed by atoms with Crippen molar-refractivity contribution in [2.75, 3.05) is 33.7 Å². The standard InChI is InChI=1S/C28H47F6N3O/c1-19(2)36(4)24-11-14-37(15-12-24)25(21-8-6-5-7-9-21)26(38)35(3)13-10-20-16-22(27(29,30)31)18-23(17-20)28(32,33)34/h19-25H,5-18H2,1-4H3. The fraction of sp³-hybridized carbons (Fsp3) is 0.964. The molecule has 3 fully saturated rings. The molecule has 2 saturated carbocycles. The third kappa shape index (κ3) is 8.24. The van der Waals surface area contributed by atoms with Crippen molar-refractivity contribution >= 4 is 5.91 Å². The number of likely N-dealkylation sites (tertiary alicyclic amines) is 1. The molecule has 1 heterocycles. The summed E-state index contributed by atoms with van der Waals surface area (Å²) >= 11 is 0. The SMILES string of the molecule is CC(C)N(C)C1CCN(C(C(=O)N(C)CCC2CC(C(F)(F)F)CC(C(F)(F)F)C2)C2CCCCC2)CC1. The summed E-state index contributed by atoms with van der Waals surface area (Å²) in [6.07, 6.45) is -3.29. The summed E-state index contributed by atoms with van der Waals surface area (Å²) in [6, 6.07) is 0.658. The first kappa shape index (κ1) is 31.5. The Labute approximate surface area is 224 Å². The monoisotopic (exact) mass is 555 g/mol. The maximum absolute atomic E-state index is 13.8. The number of amides is 1. The van der Waals surface area contributed by atoms with E-state index >= 15 is 0 Å². The molecular formula is C28H47F6N3O. The smallest absolute Gasteiger partial charge is 0.344 e. The molecule has 3 aliphatic rings. The summed E-state index contributed by atoms with van der Waals surface area (Å²) in [5.74, 6) is -4.35.